The summed E-state index contributed by atoms with van der Waals surface area (Å²) in [6.07, 6.45) is 0. The number of rotatable bonds is 1. The molecule has 1 rings (SSSR count). The molecule has 1 aromatic rings. The van der Waals surface area contributed by atoms with Crippen LogP contribution in [0.25, 0.3) is 0 Å². The van der Waals surface area contributed by atoms with E-state index in [-0.39, 0.29) is 10.7 Å². The van der Waals surface area contributed by atoms with Gasteiger partial charge in [-0.2, -0.15) is 0 Å². The Bertz CT molecular complexity index is 232. The molecule has 0 saturated heterocycles. The Hall–Kier alpha value is -1.10. The molecule has 9 heavy (non-hydrogen) atoms. The van der Waals surface area contributed by atoms with Gasteiger partial charge in [0.15, 0.2) is 5.00 Å². The van der Waals surface area contributed by atoms with Crippen LogP contribution < -0.4 is 5.73 Å². The summed E-state index contributed by atoms with van der Waals surface area (Å²) in [4.78, 5) is 9.52. The van der Waals surface area contributed by atoms with Gasteiger partial charge >= 0.3 is 5.69 Å². The van der Waals surface area contributed by atoms with Crippen molar-refractivity contribution in [3.05, 3.63) is 21.6 Å². The lowest BCUT2D eigenvalue weighted by Gasteiger charge is -1.83. The van der Waals surface area contributed by atoms with Crippen LogP contribution in [0.2, 0.25) is 0 Å². The van der Waals surface area contributed by atoms with Gasteiger partial charge in [-0.15, -0.1) is 11.3 Å². The first kappa shape index (κ1) is 6.03. The third-order valence-electron chi connectivity index (χ3n) is 0.870. The summed E-state index contributed by atoms with van der Waals surface area (Å²) in [6, 6.07) is 1.39. The van der Waals surface area contributed by atoms with Crippen molar-refractivity contribution in [3.8, 4) is 0 Å². The monoisotopic (exact) mass is 144 g/mol. The van der Waals surface area contributed by atoms with E-state index in [2.05, 4.69) is 0 Å². The molecule has 0 aliphatic rings. The Morgan fingerprint density at radius 2 is 2.44 bits per heavy atom. The fourth-order valence-corrected chi connectivity index (χ4v) is 1.07. The lowest BCUT2D eigenvalue weighted by molar-refractivity contribution is -0.383. The first-order chi connectivity index (χ1) is 4.22. The molecule has 0 aliphatic carbocycles. The van der Waals surface area contributed by atoms with Crippen LogP contribution in [0.4, 0.5) is 10.7 Å². The SMILES string of the molecule is Nc1sccc1[N+](=O)[O-]. The smallest absolute Gasteiger partial charge is 0.303 e. The van der Waals surface area contributed by atoms with Gasteiger partial charge in [0, 0.05) is 6.07 Å². The van der Waals surface area contributed by atoms with Crippen molar-refractivity contribution in [1.82, 2.24) is 0 Å². The van der Waals surface area contributed by atoms with Crippen LogP contribution in [0.15, 0.2) is 11.4 Å². The van der Waals surface area contributed by atoms with Gasteiger partial charge in [0.2, 0.25) is 0 Å². The van der Waals surface area contributed by atoms with Crippen molar-refractivity contribution < 1.29 is 4.92 Å². The van der Waals surface area contributed by atoms with Crippen molar-refractivity contribution in [3.63, 3.8) is 0 Å². The standard InChI is InChI=1S/C4H4N2O2S/c5-4-3(6(7)8)1-2-9-4/h1-2H,5H2. The molecule has 2 N–H and O–H groups in total. The highest BCUT2D eigenvalue weighted by atomic mass is 32.1. The highest BCUT2D eigenvalue weighted by molar-refractivity contribution is 7.14. The average molecular weight is 144 g/mol. The molecule has 5 heteroatoms. The highest BCUT2D eigenvalue weighted by Crippen LogP contribution is 2.26. The summed E-state index contributed by atoms with van der Waals surface area (Å²) in [5.74, 6) is 0. The molecule has 0 radical (unpaired) electrons. The van der Waals surface area contributed by atoms with E-state index in [1.54, 1.807) is 5.38 Å². The molecule has 0 fully saturated rings. The zero-order valence-electron chi connectivity index (χ0n) is 4.40. The van der Waals surface area contributed by atoms with Crippen molar-refractivity contribution >= 4 is 22.0 Å². The summed E-state index contributed by atoms with van der Waals surface area (Å²) >= 11 is 1.17. The van der Waals surface area contributed by atoms with Crippen molar-refractivity contribution in [2.75, 3.05) is 5.73 Å². The number of hydrogen-bond acceptors (Lipinski definition) is 4. The highest BCUT2D eigenvalue weighted by Gasteiger charge is 2.10. The van der Waals surface area contributed by atoms with Gasteiger partial charge in [0.1, 0.15) is 0 Å². The molecule has 0 aromatic carbocycles. The fourth-order valence-electron chi connectivity index (χ4n) is 0.465. The number of nitrogens with zero attached hydrogens (tertiary/aromatic N) is 1. The van der Waals surface area contributed by atoms with E-state index < -0.39 is 4.92 Å². The van der Waals surface area contributed by atoms with Crippen molar-refractivity contribution in [2.45, 2.75) is 0 Å². The third kappa shape index (κ3) is 0.996. The number of thiophene rings is 1. The van der Waals surface area contributed by atoms with Gasteiger partial charge in [0.25, 0.3) is 0 Å². The zero-order chi connectivity index (χ0) is 6.85. The Balaban J connectivity index is 3.08. The van der Waals surface area contributed by atoms with Gasteiger partial charge in [-0.25, -0.2) is 0 Å². The van der Waals surface area contributed by atoms with Crippen LogP contribution in [-0.4, -0.2) is 4.92 Å². The maximum Gasteiger partial charge on any atom is 0.303 e. The Morgan fingerprint density at radius 1 is 1.78 bits per heavy atom. The molecule has 0 aliphatic heterocycles. The predicted octanol–water partition coefficient (Wildman–Crippen LogP) is 1.24. The van der Waals surface area contributed by atoms with E-state index >= 15 is 0 Å². The average Bonchev–Trinajstić information content (AvgIpc) is 2.13. The summed E-state index contributed by atoms with van der Waals surface area (Å²) in [7, 11) is 0. The van der Waals surface area contributed by atoms with Crippen molar-refractivity contribution in [2.24, 2.45) is 0 Å². The second-order valence-corrected chi connectivity index (χ2v) is 2.37. The predicted molar refractivity (Wildman–Crippen MR) is 35.4 cm³/mol. The largest absolute Gasteiger partial charge is 0.385 e. The topological polar surface area (TPSA) is 69.2 Å². The summed E-state index contributed by atoms with van der Waals surface area (Å²) in [6.45, 7) is 0. The van der Waals surface area contributed by atoms with Crippen LogP contribution in [0, 0.1) is 10.1 Å². The van der Waals surface area contributed by atoms with Crippen LogP contribution >= 0.6 is 11.3 Å². The molecule has 0 saturated carbocycles. The van der Waals surface area contributed by atoms with Gasteiger partial charge in [-0.1, -0.05) is 0 Å². The minimum atomic E-state index is -0.494. The molecule has 4 nitrogen and oxygen atoms in total. The zero-order valence-corrected chi connectivity index (χ0v) is 5.22. The maximum atomic E-state index is 10.0. The van der Waals surface area contributed by atoms with E-state index in [0.717, 1.165) is 0 Å². The Labute approximate surface area is 55.1 Å². The molecular weight excluding hydrogens is 140 g/mol. The fraction of sp³-hybridized carbons (Fsp3) is 0. The number of hydrogen-bond donors (Lipinski definition) is 1. The second-order valence-electron chi connectivity index (χ2n) is 1.43. The van der Waals surface area contributed by atoms with E-state index in [1.807, 2.05) is 0 Å². The molecule has 1 aromatic heterocycles. The molecule has 1 heterocycles. The van der Waals surface area contributed by atoms with Gasteiger partial charge in [0.05, 0.1) is 4.92 Å². The van der Waals surface area contributed by atoms with Crippen LogP contribution in [-0.2, 0) is 0 Å². The van der Waals surface area contributed by atoms with Gasteiger partial charge in [-0.05, 0) is 5.38 Å². The molecule has 0 bridgehead atoms. The van der Waals surface area contributed by atoms with Crippen molar-refractivity contribution in [1.29, 1.82) is 0 Å². The number of anilines is 1. The van der Waals surface area contributed by atoms with Crippen LogP contribution in [0.3, 0.4) is 0 Å². The van der Waals surface area contributed by atoms with E-state index in [9.17, 15) is 10.1 Å². The number of nitrogen functional groups attached to an aromatic ring is 1. The summed E-state index contributed by atoms with van der Waals surface area (Å²) < 4.78 is 0. The molecule has 0 spiro atoms. The number of nitro groups is 1. The molecule has 48 valence electrons. The summed E-state index contributed by atoms with van der Waals surface area (Å²) in [5.41, 5.74) is 5.22. The lowest BCUT2D eigenvalue weighted by atomic mass is 10.5. The first-order valence-electron chi connectivity index (χ1n) is 2.19. The first-order valence-corrected chi connectivity index (χ1v) is 3.07. The molecule has 0 atom stereocenters. The van der Waals surface area contributed by atoms with E-state index in [4.69, 9.17) is 5.73 Å². The molecular formula is C4H4N2O2S. The molecule has 0 unspecified atom stereocenters. The van der Waals surface area contributed by atoms with Gasteiger partial charge < -0.3 is 5.73 Å². The third-order valence-corrected chi connectivity index (χ3v) is 1.61. The van der Waals surface area contributed by atoms with Crippen LogP contribution in [0.5, 0.6) is 0 Å². The minimum Gasteiger partial charge on any atom is -0.385 e. The van der Waals surface area contributed by atoms with Gasteiger partial charge in [-0.3, -0.25) is 10.1 Å². The Morgan fingerprint density at radius 3 is 2.67 bits per heavy atom. The normalized spacial score (nSPS) is 9.33. The molecule has 0 amide bonds. The van der Waals surface area contributed by atoms with E-state index in [0.29, 0.717) is 0 Å². The van der Waals surface area contributed by atoms with E-state index in [1.165, 1.54) is 17.4 Å². The second kappa shape index (κ2) is 2.02. The maximum absolute atomic E-state index is 10.0. The minimum absolute atomic E-state index is 0.000000000000000222. The van der Waals surface area contributed by atoms with Crippen LogP contribution in [0.1, 0.15) is 0 Å². The summed E-state index contributed by atoms with van der Waals surface area (Å²) in [5, 5.41) is 11.9. The number of nitrogens with two attached hydrogens (primary N) is 1. The lowest BCUT2D eigenvalue weighted by Crippen LogP contribution is -1.89. The quantitative estimate of drug-likeness (QED) is 0.476. The Kier molecular flexibility index (Phi) is 1.35.